The molecule has 5 aromatic rings. The van der Waals surface area contributed by atoms with Crippen LogP contribution in [-0.2, 0) is 16.6 Å². The van der Waals surface area contributed by atoms with Crippen molar-refractivity contribution in [1.82, 2.24) is 34.1 Å². The fourth-order valence-corrected chi connectivity index (χ4v) is 10.6. The molecule has 14 nitrogen and oxygen atoms in total. The molecule has 0 bridgehead atoms. The van der Waals surface area contributed by atoms with Gasteiger partial charge in [0.2, 0.25) is 11.8 Å². The Bertz CT molecular complexity index is 2470. The van der Waals surface area contributed by atoms with E-state index in [0.29, 0.717) is 40.8 Å². The number of aromatic nitrogens is 5. The first-order valence-electron chi connectivity index (χ1n) is 21.0. The summed E-state index contributed by atoms with van der Waals surface area (Å²) in [6.07, 6.45) is 17.2. The number of thioether (sulfide) groups is 1. The topological polar surface area (TPSA) is 149 Å². The SMILES string of the molecule is COc1cc2nn([C@H]3CC[C@H](CN4CCC5(CC4)CCN(c4cccc6c4n(C)c(=O)n6C4CCC(=O)NC4=O)CC5)CC3)cc2cc1NC(=O)c1cncc(SC)c1. The fourth-order valence-electron chi connectivity index (χ4n) is 10.2. The number of carbonyl (C=O) groups excluding carboxylic acids is 3. The van der Waals surface area contributed by atoms with Gasteiger partial charge in [-0.15, -0.1) is 11.8 Å². The van der Waals surface area contributed by atoms with Crippen molar-refractivity contribution in [1.29, 1.82) is 0 Å². The number of nitrogens with one attached hydrogen (secondary N) is 2. The van der Waals surface area contributed by atoms with E-state index >= 15 is 0 Å². The Kier molecular flexibility index (Phi) is 10.8. The highest BCUT2D eigenvalue weighted by molar-refractivity contribution is 7.98. The van der Waals surface area contributed by atoms with Crippen molar-refractivity contribution in [3.05, 3.63) is 71.0 Å². The highest BCUT2D eigenvalue weighted by Gasteiger charge is 2.39. The minimum atomic E-state index is -0.684. The van der Waals surface area contributed by atoms with Crippen LogP contribution in [0.4, 0.5) is 11.4 Å². The Morgan fingerprint density at radius 3 is 2.47 bits per heavy atom. The molecule has 1 atom stereocenters. The van der Waals surface area contributed by atoms with Gasteiger partial charge < -0.3 is 19.9 Å². The first-order valence-corrected chi connectivity index (χ1v) is 22.2. The van der Waals surface area contributed by atoms with Crippen LogP contribution in [0, 0.1) is 11.3 Å². The average molecular weight is 820 g/mol. The summed E-state index contributed by atoms with van der Waals surface area (Å²) in [4.78, 5) is 61.4. The van der Waals surface area contributed by atoms with Crippen LogP contribution >= 0.6 is 11.8 Å². The van der Waals surface area contributed by atoms with Gasteiger partial charge in [-0.05, 0) is 113 Å². The summed E-state index contributed by atoms with van der Waals surface area (Å²) in [6, 6.07) is 11.4. The van der Waals surface area contributed by atoms with Crippen molar-refractivity contribution < 1.29 is 19.1 Å². The highest BCUT2D eigenvalue weighted by atomic mass is 32.2. The molecular formula is C44H53N9O5S. The maximum absolute atomic E-state index is 13.5. The van der Waals surface area contributed by atoms with E-state index in [1.54, 1.807) is 47.4 Å². The number of imidazole rings is 1. The minimum Gasteiger partial charge on any atom is -0.494 e. The van der Waals surface area contributed by atoms with Crippen molar-refractivity contribution in [3.8, 4) is 5.75 Å². The Labute approximate surface area is 347 Å². The number of hydrogen-bond acceptors (Lipinski definition) is 10. The lowest BCUT2D eigenvalue weighted by Crippen LogP contribution is -2.48. The van der Waals surface area contributed by atoms with Crippen LogP contribution in [0.25, 0.3) is 21.9 Å². The van der Waals surface area contributed by atoms with Gasteiger partial charge in [-0.1, -0.05) is 6.07 Å². The third-order valence-electron chi connectivity index (χ3n) is 13.7. The standard InChI is InChI=1S/C44H53N9O5S/c1-49-40-35(5-4-6-36(40)53(43(49)57)37-11-12-39(54)47-42(37)56)51-19-15-44(16-20-51)13-17-50(18-14-44)26-28-7-9-31(10-8-28)52-27-30-22-34(38(58-2)23-33(30)48-52)46-41(55)29-21-32(59-3)25-45-24-29/h4-6,21-25,27-28,31,37H,7-20,26H2,1-3H3,(H,46,55)(H,47,54,56)/t28-,31-,37?. The van der Waals surface area contributed by atoms with Gasteiger partial charge in [0.1, 0.15) is 11.8 Å². The summed E-state index contributed by atoms with van der Waals surface area (Å²) in [5.41, 5.74) is 4.73. The minimum absolute atomic E-state index is 0.225. The molecular weight excluding hydrogens is 767 g/mol. The lowest BCUT2D eigenvalue weighted by atomic mass is 9.71. The molecule has 310 valence electrons. The number of piperidine rings is 3. The number of nitrogens with zero attached hydrogens (tertiary/aromatic N) is 7. The number of carbonyl (C=O) groups is 3. The van der Waals surface area contributed by atoms with Crippen LogP contribution in [0.5, 0.6) is 5.75 Å². The van der Waals surface area contributed by atoms with Crippen LogP contribution in [0.1, 0.15) is 86.6 Å². The number of fused-ring (bicyclic) bond motifs is 2. The molecule has 1 unspecified atom stereocenters. The molecule has 4 fully saturated rings. The molecule has 2 aromatic carbocycles. The molecule has 9 rings (SSSR count). The first kappa shape index (κ1) is 39.3. The van der Waals surface area contributed by atoms with Crippen molar-refractivity contribution >= 4 is 62.8 Å². The van der Waals surface area contributed by atoms with Gasteiger partial charge in [0.05, 0.1) is 46.6 Å². The van der Waals surface area contributed by atoms with Gasteiger partial charge in [0, 0.05) is 68.0 Å². The average Bonchev–Trinajstić information content (AvgIpc) is 3.79. The molecule has 59 heavy (non-hydrogen) atoms. The summed E-state index contributed by atoms with van der Waals surface area (Å²) in [7, 11) is 3.39. The molecule has 4 aliphatic rings. The number of hydrogen-bond donors (Lipinski definition) is 2. The third kappa shape index (κ3) is 7.63. The molecule has 3 aromatic heterocycles. The van der Waals surface area contributed by atoms with Crippen LogP contribution in [0.15, 0.2) is 64.7 Å². The van der Waals surface area contributed by atoms with Crippen molar-refractivity contribution in [2.45, 2.75) is 81.2 Å². The molecule has 3 amide bonds. The predicted molar refractivity (Wildman–Crippen MR) is 229 cm³/mol. The monoisotopic (exact) mass is 819 g/mol. The van der Waals surface area contributed by atoms with E-state index in [0.717, 1.165) is 90.9 Å². The number of benzene rings is 2. The quantitative estimate of drug-likeness (QED) is 0.131. The van der Waals surface area contributed by atoms with Gasteiger partial charge in [-0.25, -0.2) is 4.79 Å². The van der Waals surface area contributed by atoms with E-state index in [1.165, 1.54) is 25.7 Å². The Morgan fingerprint density at radius 2 is 1.75 bits per heavy atom. The van der Waals surface area contributed by atoms with Crippen LogP contribution in [-0.4, -0.2) is 92.6 Å². The Hall–Kier alpha value is -5.15. The van der Waals surface area contributed by atoms with E-state index in [1.807, 2.05) is 36.6 Å². The number of aryl methyl sites for hydroxylation is 1. The van der Waals surface area contributed by atoms with E-state index in [2.05, 4.69) is 42.4 Å². The lowest BCUT2D eigenvalue weighted by molar-refractivity contribution is -0.135. The molecule has 1 spiro atoms. The maximum Gasteiger partial charge on any atom is 0.329 e. The second-order valence-electron chi connectivity index (χ2n) is 17.1. The van der Waals surface area contributed by atoms with Crippen molar-refractivity contribution in [2.24, 2.45) is 18.4 Å². The largest absolute Gasteiger partial charge is 0.494 e. The van der Waals surface area contributed by atoms with Gasteiger partial charge in [-0.3, -0.25) is 38.5 Å². The van der Waals surface area contributed by atoms with E-state index in [9.17, 15) is 19.2 Å². The zero-order valence-corrected chi connectivity index (χ0v) is 34.9. The summed E-state index contributed by atoms with van der Waals surface area (Å²) >= 11 is 1.55. The summed E-state index contributed by atoms with van der Waals surface area (Å²) in [5.74, 6) is 0.344. The van der Waals surface area contributed by atoms with Gasteiger partial charge in [-0.2, -0.15) is 5.10 Å². The normalized spacial score (nSPS) is 22.6. The number of rotatable bonds is 9. The number of imide groups is 1. The molecule has 1 aliphatic carbocycles. The summed E-state index contributed by atoms with van der Waals surface area (Å²) < 4.78 is 11.0. The van der Waals surface area contributed by atoms with Crippen LogP contribution in [0.2, 0.25) is 0 Å². The second-order valence-corrected chi connectivity index (χ2v) is 18.0. The Balaban J connectivity index is 0.776. The number of anilines is 2. The van der Waals surface area contributed by atoms with Gasteiger partial charge in [0.15, 0.2) is 0 Å². The predicted octanol–water partition coefficient (Wildman–Crippen LogP) is 6.16. The molecule has 1 saturated carbocycles. The number of para-hydroxylation sites is 1. The van der Waals surface area contributed by atoms with Crippen LogP contribution in [0.3, 0.4) is 0 Å². The zero-order valence-electron chi connectivity index (χ0n) is 34.1. The fraction of sp³-hybridized carbons (Fsp3) is 0.500. The number of amides is 3. The first-order chi connectivity index (χ1) is 28.6. The number of pyridine rings is 1. The van der Waals surface area contributed by atoms with Gasteiger partial charge >= 0.3 is 5.69 Å². The van der Waals surface area contributed by atoms with E-state index in [-0.39, 0.29) is 23.9 Å². The molecule has 6 heterocycles. The number of likely N-dealkylation sites (tertiary alicyclic amines) is 1. The summed E-state index contributed by atoms with van der Waals surface area (Å²) in [5, 5.41) is 11.4. The number of methoxy groups -OCH3 is 1. The van der Waals surface area contributed by atoms with Crippen LogP contribution < -0.4 is 26.0 Å². The molecule has 3 saturated heterocycles. The lowest BCUT2D eigenvalue weighted by Gasteiger charge is -2.48. The molecule has 3 aliphatic heterocycles. The molecule has 15 heteroatoms. The molecule has 2 N–H and O–H groups in total. The summed E-state index contributed by atoms with van der Waals surface area (Å²) in [6.45, 7) is 5.33. The zero-order chi connectivity index (χ0) is 40.8. The Morgan fingerprint density at radius 1 is 0.983 bits per heavy atom. The maximum atomic E-state index is 13.5. The van der Waals surface area contributed by atoms with E-state index in [4.69, 9.17) is 9.84 Å². The highest BCUT2D eigenvalue weighted by Crippen LogP contribution is 2.44. The molecule has 0 radical (unpaired) electrons. The van der Waals surface area contributed by atoms with E-state index < -0.39 is 11.9 Å². The van der Waals surface area contributed by atoms with Crippen molar-refractivity contribution in [3.63, 3.8) is 0 Å². The third-order valence-corrected chi connectivity index (χ3v) is 14.4. The smallest absolute Gasteiger partial charge is 0.329 e. The van der Waals surface area contributed by atoms with Gasteiger partial charge in [0.25, 0.3) is 5.91 Å². The van der Waals surface area contributed by atoms with Crippen molar-refractivity contribution in [2.75, 3.05) is 56.3 Å². The second kappa shape index (κ2) is 16.1. The number of ether oxygens (including phenoxy) is 1.